The van der Waals surface area contributed by atoms with Crippen LogP contribution >= 0.6 is 11.6 Å². The molecule has 5 rings (SSSR count). The molecule has 6 heteroatoms. The summed E-state index contributed by atoms with van der Waals surface area (Å²) in [7, 11) is 0. The van der Waals surface area contributed by atoms with Gasteiger partial charge in [-0.1, -0.05) is 54.1 Å². The zero-order valence-electron chi connectivity index (χ0n) is 18.4. The molecule has 0 fully saturated rings. The minimum absolute atomic E-state index is 0.258. The number of anilines is 1. The van der Waals surface area contributed by atoms with Crippen molar-refractivity contribution in [1.82, 2.24) is 4.98 Å². The second-order valence-corrected chi connectivity index (χ2v) is 8.35. The standard InChI is InChI=1S/C28H21ClN2O3/c1-18-10-13-25-26(14-18)34-28(31-25)23-16-21(11-12-24(23)29)30-27(32)20-8-5-9-22(15-20)33-17-19-6-3-2-4-7-19/h2-16H,17H2,1H3,(H,30,32). The van der Waals surface area contributed by atoms with Gasteiger partial charge in [-0.25, -0.2) is 4.98 Å². The molecule has 1 heterocycles. The highest BCUT2D eigenvalue weighted by molar-refractivity contribution is 6.33. The number of fused-ring (bicyclic) bond motifs is 1. The highest BCUT2D eigenvalue weighted by Gasteiger charge is 2.14. The number of amides is 1. The van der Waals surface area contributed by atoms with E-state index in [0.29, 0.717) is 45.7 Å². The highest BCUT2D eigenvalue weighted by Crippen LogP contribution is 2.32. The summed E-state index contributed by atoms with van der Waals surface area (Å²) in [6.45, 7) is 2.42. The molecule has 168 valence electrons. The minimum atomic E-state index is -0.258. The Bertz CT molecular complexity index is 1480. The molecule has 0 spiro atoms. The van der Waals surface area contributed by atoms with Crippen molar-refractivity contribution in [3.05, 3.63) is 113 Å². The lowest BCUT2D eigenvalue weighted by molar-refractivity contribution is 0.102. The van der Waals surface area contributed by atoms with Gasteiger partial charge in [-0.05, 0) is 66.6 Å². The molecule has 0 aliphatic heterocycles. The van der Waals surface area contributed by atoms with Crippen LogP contribution in [0.15, 0.2) is 95.4 Å². The Morgan fingerprint density at radius 3 is 2.68 bits per heavy atom. The van der Waals surface area contributed by atoms with Crippen molar-refractivity contribution < 1.29 is 13.9 Å². The van der Waals surface area contributed by atoms with Gasteiger partial charge in [-0.15, -0.1) is 0 Å². The fraction of sp³-hybridized carbons (Fsp3) is 0.0714. The monoisotopic (exact) mass is 468 g/mol. The summed E-state index contributed by atoms with van der Waals surface area (Å²) in [6, 6.07) is 28.0. The number of nitrogens with zero attached hydrogens (tertiary/aromatic N) is 1. The topological polar surface area (TPSA) is 64.4 Å². The predicted molar refractivity (Wildman–Crippen MR) is 134 cm³/mol. The number of aromatic nitrogens is 1. The van der Waals surface area contributed by atoms with Gasteiger partial charge in [0.1, 0.15) is 17.9 Å². The number of benzene rings is 4. The van der Waals surface area contributed by atoms with Crippen LogP contribution in [0.5, 0.6) is 5.75 Å². The normalized spacial score (nSPS) is 10.9. The van der Waals surface area contributed by atoms with E-state index in [1.807, 2.05) is 61.5 Å². The lowest BCUT2D eigenvalue weighted by Crippen LogP contribution is -2.12. The first-order chi connectivity index (χ1) is 16.5. The number of rotatable bonds is 6. The summed E-state index contributed by atoms with van der Waals surface area (Å²) in [6.07, 6.45) is 0. The van der Waals surface area contributed by atoms with Gasteiger partial charge in [-0.2, -0.15) is 0 Å². The van der Waals surface area contributed by atoms with Crippen molar-refractivity contribution in [3.63, 3.8) is 0 Å². The maximum atomic E-state index is 12.9. The Morgan fingerprint density at radius 2 is 1.82 bits per heavy atom. The molecule has 0 aliphatic carbocycles. The number of hydrogen-bond donors (Lipinski definition) is 1. The molecular weight excluding hydrogens is 448 g/mol. The highest BCUT2D eigenvalue weighted by atomic mass is 35.5. The molecule has 0 atom stereocenters. The minimum Gasteiger partial charge on any atom is -0.489 e. The Labute approximate surface area is 202 Å². The average Bonchev–Trinajstić information content (AvgIpc) is 3.27. The van der Waals surface area contributed by atoms with Crippen LogP contribution < -0.4 is 10.1 Å². The lowest BCUT2D eigenvalue weighted by atomic mass is 10.1. The summed E-state index contributed by atoms with van der Waals surface area (Å²) in [5.41, 5.74) is 5.25. The number of nitrogens with one attached hydrogen (secondary N) is 1. The molecule has 0 radical (unpaired) electrons. The Morgan fingerprint density at radius 1 is 0.971 bits per heavy atom. The second-order valence-electron chi connectivity index (χ2n) is 7.94. The molecule has 1 amide bonds. The van der Waals surface area contributed by atoms with Gasteiger partial charge in [0, 0.05) is 11.3 Å². The molecule has 34 heavy (non-hydrogen) atoms. The zero-order chi connectivity index (χ0) is 23.5. The molecule has 0 aliphatic rings. The van der Waals surface area contributed by atoms with Crippen LogP contribution in [0, 0.1) is 6.92 Å². The van der Waals surface area contributed by atoms with Crippen LogP contribution in [0.25, 0.3) is 22.6 Å². The van der Waals surface area contributed by atoms with Crippen molar-refractivity contribution >= 4 is 34.3 Å². The Balaban J connectivity index is 1.34. The van der Waals surface area contributed by atoms with E-state index in [1.54, 1.807) is 36.4 Å². The van der Waals surface area contributed by atoms with Crippen molar-refractivity contribution in [2.75, 3.05) is 5.32 Å². The van der Waals surface area contributed by atoms with E-state index in [1.165, 1.54) is 0 Å². The summed E-state index contributed by atoms with van der Waals surface area (Å²) in [5, 5.41) is 3.40. The third-order valence-electron chi connectivity index (χ3n) is 5.34. The number of aryl methyl sites for hydroxylation is 1. The number of oxazole rings is 1. The van der Waals surface area contributed by atoms with Crippen LogP contribution in [0.2, 0.25) is 5.02 Å². The smallest absolute Gasteiger partial charge is 0.255 e. The first-order valence-electron chi connectivity index (χ1n) is 10.8. The molecule has 1 aromatic heterocycles. The fourth-order valence-electron chi connectivity index (χ4n) is 3.59. The molecule has 0 saturated carbocycles. The van der Waals surface area contributed by atoms with E-state index < -0.39 is 0 Å². The molecule has 0 saturated heterocycles. The van der Waals surface area contributed by atoms with Crippen LogP contribution in [0.4, 0.5) is 5.69 Å². The van der Waals surface area contributed by atoms with Gasteiger partial charge in [0.2, 0.25) is 5.89 Å². The first kappa shape index (κ1) is 21.7. The summed E-state index contributed by atoms with van der Waals surface area (Å²) in [4.78, 5) is 17.5. The third kappa shape index (κ3) is 4.80. The van der Waals surface area contributed by atoms with E-state index in [9.17, 15) is 4.79 Å². The molecule has 4 aromatic carbocycles. The van der Waals surface area contributed by atoms with E-state index in [0.717, 1.165) is 16.6 Å². The van der Waals surface area contributed by atoms with Gasteiger partial charge in [-0.3, -0.25) is 4.79 Å². The Kier molecular flexibility index (Phi) is 6.02. The van der Waals surface area contributed by atoms with E-state index >= 15 is 0 Å². The van der Waals surface area contributed by atoms with Gasteiger partial charge >= 0.3 is 0 Å². The molecule has 1 N–H and O–H groups in total. The average molecular weight is 469 g/mol. The molecule has 0 bridgehead atoms. The van der Waals surface area contributed by atoms with Crippen LogP contribution in [-0.2, 0) is 6.61 Å². The fourth-order valence-corrected chi connectivity index (χ4v) is 3.78. The van der Waals surface area contributed by atoms with Gasteiger partial charge in [0.15, 0.2) is 5.58 Å². The maximum Gasteiger partial charge on any atom is 0.255 e. The predicted octanol–water partition coefficient (Wildman–Crippen LogP) is 7.29. The van der Waals surface area contributed by atoms with E-state index in [4.69, 9.17) is 20.8 Å². The molecule has 5 nitrogen and oxygen atoms in total. The molecule has 5 aromatic rings. The third-order valence-corrected chi connectivity index (χ3v) is 5.67. The maximum absolute atomic E-state index is 12.9. The quantitative estimate of drug-likeness (QED) is 0.284. The first-order valence-corrected chi connectivity index (χ1v) is 11.2. The summed E-state index contributed by atoms with van der Waals surface area (Å²) < 4.78 is 11.8. The molecular formula is C28H21ClN2O3. The number of carbonyl (C=O) groups is 1. The van der Waals surface area contributed by atoms with E-state index in [2.05, 4.69) is 10.3 Å². The number of ether oxygens (including phenoxy) is 1. The summed E-state index contributed by atoms with van der Waals surface area (Å²) in [5.74, 6) is 0.764. The van der Waals surface area contributed by atoms with Gasteiger partial charge < -0.3 is 14.5 Å². The van der Waals surface area contributed by atoms with Gasteiger partial charge in [0.05, 0.1) is 10.6 Å². The Hall–Kier alpha value is -4.09. The van der Waals surface area contributed by atoms with Crippen LogP contribution in [-0.4, -0.2) is 10.9 Å². The van der Waals surface area contributed by atoms with Crippen molar-refractivity contribution in [2.24, 2.45) is 0 Å². The second kappa shape index (κ2) is 9.41. The van der Waals surface area contributed by atoms with E-state index in [-0.39, 0.29) is 5.91 Å². The summed E-state index contributed by atoms with van der Waals surface area (Å²) >= 11 is 6.42. The molecule has 0 unspecified atom stereocenters. The number of halogens is 1. The number of hydrogen-bond acceptors (Lipinski definition) is 4. The lowest BCUT2D eigenvalue weighted by Gasteiger charge is -2.10. The van der Waals surface area contributed by atoms with Crippen molar-refractivity contribution in [3.8, 4) is 17.2 Å². The SMILES string of the molecule is Cc1ccc2nc(-c3cc(NC(=O)c4cccc(OCc5ccccc5)c4)ccc3Cl)oc2c1. The zero-order valence-corrected chi connectivity index (χ0v) is 19.2. The van der Waals surface area contributed by atoms with Crippen molar-refractivity contribution in [1.29, 1.82) is 0 Å². The largest absolute Gasteiger partial charge is 0.489 e. The van der Waals surface area contributed by atoms with Crippen LogP contribution in [0.3, 0.4) is 0 Å². The van der Waals surface area contributed by atoms with Gasteiger partial charge in [0.25, 0.3) is 5.91 Å². The number of carbonyl (C=O) groups excluding carboxylic acids is 1. The van der Waals surface area contributed by atoms with Crippen LogP contribution in [0.1, 0.15) is 21.5 Å². The van der Waals surface area contributed by atoms with Crippen molar-refractivity contribution in [2.45, 2.75) is 13.5 Å².